The maximum Gasteiger partial charge on any atom is 0.404 e. The molecule has 2 saturated heterocycles. The minimum atomic E-state index is -4.56. The van der Waals surface area contributed by atoms with E-state index in [-0.39, 0.29) is 64.9 Å². The summed E-state index contributed by atoms with van der Waals surface area (Å²) < 4.78 is 75.9. The van der Waals surface area contributed by atoms with Gasteiger partial charge < -0.3 is 15.4 Å². The molecular formula is C34H33Cl2F3N6O6S. The van der Waals surface area contributed by atoms with Gasteiger partial charge in [-0.15, -0.1) is 0 Å². The number of hydrogen-bond donors (Lipinski definition) is 2. The van der Waals surface area contributed by atoms with Crippen LogP contribution in [0.2, 0.25) is 10.0 Å². The lowest BCUT2D eigenvalue weighted by Crippen LogP contribution is -2.51. The van der Waals surface area contributed by atoms with E-state index in [1.807, 2.05) is 6.07 Å². The van der Waals surface area contributed by atoms with Crippen molar-refractivity contribution in [1.29, 1.82) is 5.26 Å². The van der Waals surface area contributed by atoms with Gasteiger partial charge in [-0.1, -0.05) is 41.4 Å². The molecule has 0 aliphatic carbocycles. The van der Waals surface area contributed by atoms with Gasteiger partial charge in [0.05, 0.1) is 38.7 Å². The molecule has 2 aliphatic heterocycles. The zero-order valence-electron chi connectivity index (χ0n) is 27.6. The van der Waals surface area contributed by atoms with Crippen LogP contribution in [0.1, 0.15) is 47.7 Å². The number of nitrogens with zero attached hydrogens (tertiary/aromatic N) is 4. The molecule has 0 saturated carbocycles. The highest BCUT2D eigenvalue weighted by atomic mass is 35.5. The smallest absolute Gasteiger partial charge is 0.404 e. The van der Waals surface area contributed by atoms with E-state index >= 15 is 0 Å². The van der Waals surface area contributed by atoms with E-state index in [0.717, 1.165) is 10.4 Å². The van der Waals surface area contributed by atoms with Crippen LogP contribution < -0.4 is 10.6 Å². The van der Waals surface area contributed by atoms with Crippen LogP contribution in [-0.2, 0) is 30.8 Å². The molecule has 2 N–H and O–H groups in total. The summed E-state index contributed by atoms with van der Waals surface area (Å²) in [5, 5.41) is 14.7. The highest BCUT2D eigenvalue weighted by molar-refractivity contribution is 7.89. The van der Waals surface area contributed by atoms with Gasteiger partial charge in [0.2, 0.25) is 15.9 Å². The average Bonchev–Trinajstić information content (AvgIpc) is 3.78. The number of pyridine rings is 1. The summed E-state index contributed by atoms with van der Waals surface area (Å²) in [4.78, 5) is 44.6. The van der Waals surface area contributed by atoms with Crippen LogP contribution in [0.15, 0.2) is 65.8 Å². The number of rotatable bonds is 11. The van der Waals surface area contributed by atoms with Gasteiger partial charge in [-0.25, -0.2) is 13.2 Å². The summed E-state index contributed by atoms with van der Waals surface area (Å²) in [7, 11) is -4.50. The number of amides is 2. The first-order valence-electron chi connectivity index (χ1n) is 16.1. The molecule has 4 atom stereocenters. The second-order valence-corrected chi connectivity index (χ2v) is 14.9. The van der Waals surface area contributed by atoms with Crippen LogP contribution >= 0.6 is 23.2 Å². The fourth-order valence-corrected chi connectivity index (χ4v) is 8.67. The van der Waals surface area contributed by atoms with Crippen LogP contribution in [0.5, 0.6) is 0 Å². The van der Waals surface area contributed by atoms with E-state index in [2.05, 4.69) is 15.6 Å². The number of carbonyl (C=O) groups excluding carboxylic acids is 3. The fourth-order valence-electron chi connectivity index (χ4n) is 6.45. The number of alkyl halides is 3. The van der Waals surface area contributed by atoms with Crippen LogP contribution in [0.25, 0.3) is 0 Å². The molecule has 2 fully saturated rings. The van der Waals surface area contributed by atoms with Crippen LogP contribution in [-0.4, -0.2) is 90.4 Å². The third-order valence-corrected chi connectivity index (χ3v) is 11.3. The lowest BCUT2D eigenvalue weighted by Gasteiger charge is -2.31. The minimum Gasteiger partial charge on any atom is -0.464 e. The van der Waals surface area contributed by atoms with Crippen molar-refractivity contribution in [3.8, 4) is 6.07 Å². The molecule has 1 aromatic heterocycles. The lowest BCUT2D eigenvalue weighted by molar-refractivity contribution is -0.180. The molecule has 18 heteroatoms. The molecule has 0 radical (unpaired) electrons. The highest BCUT2D eigenvalue weighted by Crippen LogP contribution is 2.38. The molecule has 52 heavy (non-hydrogen) atoms. The number of likely N-dealkylation sites (tertiary alicyclic amines) is 1. The number of benzene rings is 2. The average molecular weight is 782 g/mol. The van der Waals surface area contributed by atoms with Crippen molar-refractivity contribution in [2.45, 2.75) is 67.8 Å². The number of esters is 1. The highest BCUT2D eigenvalue weighted by Gasteiger charge is 2.53. The predicted octanol–water partition coefficient (Wildman–Crippen LogP) is 4.96. The summed E-state index contributed by atoms with van der Waals surface area (Å²) in [6, 6.07) is 7.64. The third-order valence-electron chi connectivity index (χ3n) is 8.87. The zero-order valence-corrected chi connectivity index (χ0v) is 29.9. The van der Waals surface area contributed by atoms with Gasteiger partial charge in [0.1, 0.15) is 18.1 Å². The summed E-state index contributed by atoms with van der Waals surface area (Å²) >= 11 is 12.2. The lowest BCUT2D eigenvalue weighted by atomic mass is 10.0. The Morgan fingerprint density at radius 1 is 1.12 bits per heavy atom. The van der Waals surface area contributed by atoms with Crippen molar-refractivity contribution in [1.82, 2.24) is 19.5 Å². The first-order chi connectivity index (χ1) is 24.6. The molecule has 0 spiro atoms. The monoisotopic (exact) mass is 780 g/mol. The van der Waals surface area contributed by atoms with E-state index in [0.29, 0.717) is 11.3 Å². The van der Waals surface area contributed by atoms with E-state index in [1.54, 1.807) is 31.2 Å². The van der Waals surface area contributed by atoms with E-state index in [1.165, 1.54) is 35.5 Å². The number of hydrogen-bond acceptors (Lipinski definition) is 9. The Morgan fingerprint density at radius 2 is 1.81 bits per heavy atom. The first-order valence-corrected chi connectivity index (χ1v) is 18.3. The van der Waals surface area contributed by atoms with Gasteiger partial charge >= 0.3 is 12.1 Å². The summed E-state index contributed by atoms with van der Waals surface area (Å²) in [5.74, 6) is -2.32. The number of aromatic nitrogens is 1. The Kier molecular flexibility index (Phi) is 12.1. The summed E-state index contributed by atoms with van der Waals surface area (Å²) in [6.45, 7) is 1.17. The second kappa shape index (κ2) is 16.2. The largest absolute Gasteiger partial charge is 0.464 e. The van der Waals surface area contributed by atoms with Gasteiger partial charge in [0.15, 0.2) is 0 Å². The van der Waals surface area contributed by atoms with Gasteiger partial charge in [-0.2, -0.15) is 22.7 Å². The van der Waals surface area contributed by atoms with Crippen molar-refractivity contribution in [2.24, 2.45) is 0 Å². The molecule has 2 aliphatic rings. The number of ether oxygens (including phenoxy) is 1. The maximum atomic E-state index is 14.0. The van der Waals surface area contributed by atoms with Gasteiger partial charge in [0.25, 0.3) is 5.91 Å². The number of sulfonamides is 1. The maximum absolute atomic E-state index is 14.0. The van der Waals surface area contributed by atoms with Crippen molar-refractivity contribution >= 4 is 56.7 Å². The first kappa shape index (κ1) is 38.9. The molecule has 4 unspecified atom stereocenters. The van der Waals surface area contributed by atoms with Crippen LogP contribution in [0.4, 0.5) is 18.9 Å². The summed E-state index contributed by atoms with van der Waals surface area (Å²) in [6.07, 6.45) is -2.32. The standard InChI is InChI=1S/C34H33Cl2F3N6O6S/c1-2-51-33(48)27(14-20-8-10-22(11-9-20)42-32(47)30-25(35)17-41-18-26(30)36)43-31(46)28-15-23(44-12-4-7-29(44)34(37,38)39)19-45(28)52(49,50)24-6-3-5-21(13-24)16-40/h3,5-6,8-11,13,17-18,23,27-29H,2,4,7,12,14-15,19H2,1H3,(H,42,47)(H,43,46). The Morgan fingerprint density at radius 3 is 2.44 bits per heavy atom. The Balaban J connectivity index is 1.38. The molecule has 276 valence electrons. The number of anilines is 1. The number of carbonyl (C=O) groups is 3. The van der Waals surface area contributed by atoms with E-state index < -0.39 is 64.7 Å². The molecule has 0 bridgehead atoms. The topological polar surface area (TPSA) is 162 Å². The van der Waals surface area contributed by atoms with Gasteiger partial charge in [-0.3, -0.25) is 19.5 Å². The molecule has 3 heterocycles. The van der Waals surface area contributed by atoms with Crippen molar-refractivity contribution in [3.63, 3.8) is 0 Å². The van der Waals surface area contributed by atoms with E-state index in [4.69, 9.17) is 27.9 Å². The Bertz CT molecular complexity index is 1960. The van der Waals surface area contributed by atoms with Crippen LogP contribution in [0, 0.1) is 11.3 Å². The molecule has 2 aromatic carbocycles. The number of halogens is 5. The van der Waals surface area contributed by atoms with Gasteiger partial charge in [0, 0.05) is 37.1 Å². The summed E-state index contributed by atoms with van der Waals surface area (Å²) in [5.41, 5.74) is 0.928. The van der Waals surface area contributed by atoms with Crippen molar-refractivity contribution in [2.75, 3.05) is 25.0 Å². The van der Waals surface area contributed by atoms with Crippen LogP contribution in [0.3, 0.4) is 0 Å². The number of nitriles is 1. The fraction of sp³-hybridized carbons (Fsp3) is 0.382. The van der Waals surface area contributed by atoms with Gasteiger partial charge in [-0.05, 0) is 68.6 Å². The molecule has 12 nitrogen and oxygen atoms in total. The minimum absolute atomic E-state index is 0.0223. The Labute approximate surface area is 307 Å². The molecule has 3 aromatic rings. The predicted molar refractivity (Wildman–Crippen MR) is 184 cm³/mol. The molecule has 2 amide bonds. The quantitative estimate of drug-likeness (QED) is 0.256. The normalized spacial score (nSPS) is 20.2. The second-order valence-electron chi connectivity index (χ2n) is 12.2. The molecular weight excluding hydrogens is 748 g/mol. The SMILES string of the molecule is CCOC(=O)C(Cc1ccc(NC(=O)c2c(Cl)cncc2Cl)cc1)NC(=O)C1CC(N2CCCC2C(F)(F)F)CN1S(=O)(=O)c1cccc(C#N)c1. The van der Waals surface area contributed by atoms with Crippen molar-refractivity contribution in [3.05, 3.63) is 87.7 Å². The zero-order chi connectivity index (χ0) is 37.8. The molecule has 5 rings (SSSR count). The van der Waals surface area contributed by atoms with Crippen molar-refractivity contribution < 1.29 is 40.7 Å². The third kappa shape index (κ3) is 8.67. The van der Waals surface area contributed by atoms with E-state index in [9.17, 15) is 41.2 Å². The Hall–Kier alpha value is -4.27. The number of nitrogens with one attached hydrogen (secondary N) is 2.